The molecule has 19 heavy (non-hydrogen) atoms. The predicted octanol–water partition coefficient (Wildman–Crippen LogP) is 2.23. The van der Waals surface area contributed by atoms with E-state index in [2.05, 4.69) is 32.7 Å². The Bertz CT molecular complexity index is 298. The number of β-amino-alcohol motifs (C(OH)–C–C–N with tert-alkyl or cyclic N) is 1. The van der Waals surface area contributed by atoms with Gasteiger partial charge in [-0.2, -0.15) is 0 Å². The summed E-state index contributed by atoms with van der Waals surface area (Å²) in [6, 6.07) is 0.469. The van der Waals surface area contributed by atoms with Gasteiger partial charge in [0.25, 0.3) is 0 Å². The van der Waals surface area contributed by atoms with E-state index in [1.807, 2.05) is 0 Å². The molecule has 3 N–H and O–H groups in total. The second-order valence-corrected chi connectivity index (χ2v) is 7.57. The van der Waals surface area contributed by atoms with Gasteiger partial charge >= 0.3 is 0 Å². The van der Waals surface area contributed by atoms with E-state index < -0.39 is 5.60 Å². The smallest absolute Gasteiger partial charge is 0.0856 e. The topological polar surface area (TPSA) is 49.5 Å². The molecule has 0 aromatic rings. The number of nitrogens with two attached hydrogens (primary N) is 1. The zero-order valence-corrected chi connectivity index (χ0v) is 13.2. The van der Waals surface area contributed by atoms with Crippen molar-refractivity contribution in [2.75, 3.05) is 20.1 Å². The van der Waals surface area contributed by atoms with Crippen LogP contribution in [0.2, 0.25) is 0 Å². The molecule has 2 atom stereocenters. The number of hydrogen-bond acceptors (Lipinski definition) is 3. The fourth-order valence-electron chi connectivity index (χ4n) is 4.38. The fourth-order valence-corrected chi connectivity index (χ4v) is 4.38. The van der Waals surface area contributed by atoms with Crippen LogP contribution in [-0.2, 0) is 0 Å². The summed E-state index contributed by atoms with van der Waals surface area (Å²) in [7, 11) is 2.12. The van der Waals surface area contributed by atoms with Crippen molar-refractivity contribution < 1.29 is 5.11 Å². The largest absolute Gasteiger partial charge is 0.388 e. The molecule has 1 aliphatic heterocycles. The first-order chi connectivity index (χ1) is 8.83. The number of nitrogens with zero attached hydrogens (tertiary/aromatic N) is 1. The molecule has 2 unspecified atom stereocenters. The van der Waals surface area contributed by atoms with Crippen molar-refractivity contribution in [3.63, 3.8) is 0 Å². The summed E-state index contributed by atoms with van der Waals surface area (Å²) in [6.07, 6.45) is 5.55. The van der Waals surface area contributed by atoms with Gasteiger partial charge in [0.1, 0.15) is 0 Å². The molecule has 0 aromatic carbocycles. The third-order valence-corrected chi connectivity index (χ3v) is 6.20. The molecule has 3 heteroatoms. The van der Waals surface area contributed by atoms with Crippen LogP contribution in [0.3, 0.4) is 0 Å². The van der Waals surface area contributed by atoms with E-state index in [0.717, 1.165) is 37.6 Å². The molecule has 2 fully saturated rings. The SMILES string of the molecule is CC(C)C1CCC(CN)(C2(O)CC(C)N(C)C2)CC1. The molecule has 0 amide bonds. The van der Waals surface area contributed by atoms with Crippen molar-refractivity contribution in [1.82, 2.24) is 4.90 Å². The Morgan fingerprint density at radius 1 is 1.32 bits per heavy atom. The van der Waals surface area contributed by atoms with Crippen LogP contribution in [-0.4, -0.2) is 41.8 Å². The van der Waals surface area contributed by atoms with E-state index in [-0.39, 0.29) is 5.41 Å². The van der Waals surface area contributed by atoms with Gasteiger partial charge in [-0.15, -0.1) is 0 Å². The van der Waals surface area contributed by atoms with E-state index in [1.165, 1.54) is 12.8 Å². The highest BCUT2D eigenvalue weighted by atomic mass is 16.3. The first-order valence-electron chi connectivity index (χ1n) is 7.96. The van der Waals surface area contributed by atoms with Gasteiger partial charge in [-0.3, -0.25) is 0 Å². The Hall–Kier alpha value is -0.120. The zero-order valence-electron chi connectivity index (χ0n) is 13.2. The minimum absolute atomic E-state index is 0.0442. The summed E-state index contributed by atoms with van der Waals surface area (Å²) in [5.74, 6) is 1.58. The van der Waals surface area contributed by atoms with Gasteiger partial charge in [0.05, 0.1) is 5.60 Å². The van der Waals surface area contributed by atoms with E-state index >= 15 is 0 Å². The van der Waals surface area contributed by atoms with Crippen molar-refractivity contribution in [2.24, 2.45) is 23.0 Å². The Balaban J connectivity index is 2.12. The van der Waals surface area contributed by atoms with Crippen LogP contribution in [0.25, 0.3) is 0 Å². The molecule has 2 rings (SSSR count). The van der Waals surface area contributed by atoms with Crippen molar-refractivity contribution >= 4 is 0 Å². The molecule has 2 aliphatic rings. The Kier molecular flexibility index (Phi) is 4.29. The van der Waals surface area contributed by atoms with Crippen LogP contribution in [0.1, 0.15) is 52.9 Å². The molecule has 1 heterocycles. The van der Waals surface area contributed by atoms with Gasteiger partial charge in [0.15, 0.2) is 0 Å². The molecular formula is C16H32N2O. The van der Waals surface area contributed by atoms with Gasteiger partial charge in [-0.05, 0) is 57.9 Å². The normalized spacial score (nSPS) is 45.0. The van der Waals surface area contributed by atoms with Crippen LogP contribution in [0.15, 0.2) is 0 Å². The monoisotopic (exact) mass is 268 g/mol. The quantitative estimate of drug-likeness (QED) is 0.825. The number of aliphatic hydroxyl groups is 1. The summed E-state index contributed by atoms with van der Waals surface area (Å²) in [5.41, 5.74) is 5.52. The number of likely N-dealkylation sites (N-methyl/N-ethyl adjacent to an activating group) is 1. The molecule has 3 nitrogen and oxygen atoms in total. The first-order valence-corrected chi connectivity index (χ1v) is 7.96. The molecule has 112 valence electrons. The van der Waals surface area contributed by atoms with E-state index in [4.69, 9.17) is 5.73 Å². The molecule has 0 bridgehead atoms. The minimum Gasteiger partial charge on any atom is -0.388 e. The highest BCUT2D eigenvalue weighted by Gasteiger charge is 2.55. The molecular weight excluding hydrogens is 236 g/mol. The maximum Gasteiger partial charge on any atom is 0.0856 e. The summed E-state index contributed by atoms with van der Waals surface area (Å²) < 4.78 is 0. The lowest BCUT2D eigenvalue weighted by Crippen LogP contribution is -2.55. The van der Waals surface area contributed by atoms with Crippen molar-refractivity contribution in [1.29, 1.82) is 0 Å². The maximum absolute atomic E-state index is 11.2. The van der Waals surface area contributed by atoms with Gasteiger partial charge < -0.3 is 15.7 Å². The van der Waals surface area contributed by atoms with Gasteiger partial charge in [-0.1, -0.05) is 13.8 Å². The van der Waals surface area contributed by atoms with E-state index in [0.29, 0.717) is 12.6 Å². The molecule has 0 spiro atoms. The predicted molar refractivity (Wildman–Crippen MR) is 79.9 cm³/mol. The van der Waals surface area contributed by atoms with Gasteiger partial charge in [-0.25, -0.2) is 0 Å². The number of likely N-dealkylation sites (tertiary alicyclic amines) is 1. The third-order valence-electron chi connectivity index (χ3n) is 6.20. The molecule has 1 aliphatic carbocycles. The molecule has 0 aromatic heterocycles. The Morgan fingerprint density at radius 2 is 1.89 bits per heavy atom. The summed E-state index contributed by atoms with van der Waals surface area (Å²) in [5, 5.41) is 11.2. The van der Waals surface area contributed by atoms with Gasteiger partial charge in [0, 0.05) is 24.5 Å². The van der Waals surface area contributed by atoms with Crippen LogP contribution in [0, 0.1) is 17.3 Å². The second-order valence-electron chi connectivity index (χ2n) is 7.57. The average molecular weight is 268 g/mol. The van der Waals surface area contributed by atoms with Crippen LogP contribution in [0.4, 0.5) is 0 Å². The highest BCUT2D eigenvalue weighted by Crippen LogP contribution is 2.51. The van der Waals surface area contributed by atoms with Crippen molar-refractivity contribution in [2.45, 2.75) is 64.5 Å². The van der Waals surface area contributed by atoms with Crippen LogP contribution in [0.5, 0.6) is 0 Å². The van der Waals surface area contributed by atoms with E-state index in [9.17, 15) is 5.11 Å². The Morgan fingerprint density at radius 3 is 2.26 bits per heavy atom. The van der Waals surface area contributed by atoms with Crippen LogP contribution >= 0.6 is 0 Å². The lowest BCUT2D eigenvalue weighted by atomic mass is 9.59. The maximum atomic E-state index is 11.2. The first kappa shape index (κ1) is 15.3. The minimum atomic E-state index is -0.572. The lowest BCUT2D eigenvalue weighted by Gasteiger charge is -2.49. The summed E-state index contributed by atoms with van der Waals surface area (Å²) >= 11 is 0. The Labute approximate surface area is 118 Å². The second kappa shape index (κ2) is 5.34. The number of rotatable bonds is 3. The standard InChI is InChI=1S/C16H32N2O/c1-12(2)14-5-7-15(10-17,8-6-14)16(19)9-13(3)18(4)11-16/h12-14,19H,5-11,17H2,1-4H3. The highest BCUT2D eigenvalue weighted by molar-refractivity contribution is 5.08. The van der Waals surface area contributed by atoms with Crippen molar-refractivity contribution in [3.8, 4) is 0 Å². The fraction of sp³-hybridized carbons (Fsp3) is 1.00. The number of hydrogen-bond donors (Lipinski definition) is 2. The summed E-state index contributed by atoms with van der Waals surface area (Å²) in [4.78, 5) is 2.28. The van der Waals surface area contributed by atoms with Crippen molar-refractivity contribution in [3.05, 3.63) is 0 Å². The average Bonchev–Trinajstić information content (AvgIpc) is 2.64. The van der Waals surface area contributed by atoms with Gasteiger partial charge in [0.2, 0.25) is 0 Å². The molecule has 1 saturated heterocycles. The molecule has 1 saturated carbocycles. The third kappa shape index (κ3) is 2.57. The lowest BCUT2D eigenvalue weighted by molar-refractivity contribution is -0.0978. The van der Waals surface area contributed by atoms with Crippen LogP contribution < -0.4 is 5.73 Å². The summed E-state index contributed by atoms with van der Waals surface area (Å²) in [6.45, 7) is 8.27. The molecule has 0 radical (unpaired) electrons. The zero-order chi connectivity index (χ0) is 14.3. The van der Waals surface area contributed by atoms with E-state index in [1.54, 1.807) is 0 Å².